The topological polar surface area (TPSA) is 12.0 Å². The molecule has 0 fully saturated rings. The smallest absolute Gasteiger partial charge is 0.00388 e. The summed E-state index contributed by atoms with van der Waals surface area (Å²) in [5, 5.41) is 3.57. The molecule has 0 bridgehead atoms. The maximum Gasteiger partial charge on any atom is 0.00388 e. The fraction of sp³-hybridized carbons (Fsp3) is 1.00. The van der Waals surface area contributed by atoms with Crippen LogP contribution >= 0.6 is 0 Å². The van der Waals surface area contributed by atoms with E-state index in [1.54, 1.807) is 0 Å². The molecule has 0 radical (unpaired) electrons. The third-order valence-corrected chi connectivity index (χ3v) is 2.45. The highest BCUT2D eigenvalue weighted by Gasteiger charge is 2.01. The van der Waals surface area contributed by atoms with E-state index in [0.717, 1.165) is 5.92 Å². The lowest BCUT2D eigenvalue weighted by molar-refractivity contribution is 0.445. The van der Waals surface area contributed by atoms with E-state index in [4.69, 9.17) is 0 Å². The molecule has 0 rings (SSSR count). The van der Waals surface area contributed by atoms with Gasteiger partial charge in [0.25, 0.3) is 0 Å². The Balaban J connectivity index is 3.15. The van der Waals surface area contributed by atoms with Gasteiger partial charge in [0.1, 0.15) is 0 Å². The predicted octanol–water partition coefficient (Wildman–Crippen LogP) is 3.59. The van der Waals surface area contributed by atoms with Crippen LogP contribution in [0.1, 0.15) is 59.8 Å². The van der Waals surface area contributed by atoms with Crippen LogP contribution in [0.2, 0.25) is 0 Å². The van der Waals surface area contributed by atoms with E-state index < -0.39 is 0 Å². The van der Waals surface area contributed by atoms with Crippen molar-refractivity contribution in [2.45, 2.75) is 65.8 Å². The third kappa shape index (κ3) is 9.88. The van der Waals surface area contributed by atoms with Gasteiger partial charge in [0.05, 0.1) is 0 Å². The van der Waals surface area contributed by atoms with Crippen LogP contribution < -0.4 is 5.32 Å². The molecule has 1 heteroatoms. The monoisotopic (exact) mass is 185 g/mol. The van der Waals surface area contributed by atoms with E-state index in [0.29, 0.717) is 6.04 Å². The van der Waals surface area contributed by atoms with E-state index >= 15 is 0 Å². The van der Waals surface area contributed by atoms with Gasteiger partial charge in [0.15, 0.2) is 0 Å². The van der Waals surface area contributed by atoms with Crippen molar-refractivity contribution < 1.29 is 0 Å². The highest BCUT2D eigenvalue weighted by molar-refractivity contribution is 4.61. The summed E-state index contributed by atoms with van der Waals surface area (Å²) in [4.78, 5) is 0. The molecular formula is C12H27N. The van der Waals surface area contributed by atoms with Gasteiger partial charge in [0.2, 0.25) is 0 Å². The molecule has 0 aromatic heterocycles. The van der Waals surface area contributed by atoms with E-state index in [1.807, 2.05) is 0 Å². The maximum atomic E-state index is 3.57. The first-order chi connectivity index (χ1) is 6.16. The molecule has 0 aliphatic heterocycles. The molecule has 0 amide bonds. The van der Waals surface area contributed by atoms with Crippen LogP contribution in [0.4, 0.5) is 0 Å². The number of hydrogen-bond acceptors (Lipinski definition) is 1. The number of unbranched alkanes of at least 4 members (excludes halogenated alkanes) is 2. The summed E-state index contributed by atoms with van der Waals surface area (Å²) in [6.45, 7) is 10.3. The third-order valence-electron chi connectivity index (χ3n) is 2.45. The Morgan fingerprint density at radius 3 is 2.23 bits per heavy atom. The summed E-state index contributed by atoms with van der Waals surface area (Å²) >= 11 is 0. The highest BCUT2D eigenvalue weighted by atomic mass is 14.9. The van der Waals surface area contributed by atoms with Gasteiger partial charge in [-0.2, -0.15) is 0 Å². The largest absolute Gasteiger partial charge is 0.314 e. The Bertz CT molecular complexity index is 99.3. The first kappa shape index (κ1) is 13.0. The lowest BCUT2D eigenvalue weighted by atomic mass is 10.0. The van der Waals surface area contributed by atoms with Crippen LogP contribution in [-0.2, 0) is 0 Å². The van der Waals surface area contributed by atoms with Gasteiger partial charge in [0, 0.05) is 6.04 Å². The molecular weight excluding hydrogens is 158 g/mol. The fourth-order valence-corrected chi connectivity index (χ4v) is 1.41. The molecule has 1 N–H and O–H groups in total. The predicted molar refractivity (Wildman–Crippen MR) is 61.1 cm³/mol. The molecule has 0 aliphatic carbocycles. The summed E-state index contributed by atoms with van der Waals surface area (Å²) < 4.78 is 0. The zero-order valence-corrected chi connectivity index (χ0v) is 9.90. The van der Waals surface area contributed by atoms with Crippen molar-refractivity contribution in [1.29, 1.82) is 0 Å². The second kappa shape index (κ2) is 8.55. The molecule has 0 saturated carbocycles. The minimum absolute atomic E-state index is 0.708. The van der Waals surface area contributed by atoms with E-state index in [1.165, 1.54) is 38.6 Å². The lowest BCUT2D eigenvalue weighted by Crippen LogP contribution is -2.27. The van der Waals surface area contributed by atoms with Gasteiger partial charge in [-0.15, -0.1) is 0 Å². The normalized spacial score (nSPS) is 13.6. The van der Waals surface area contributed by atoms with Gasteiger partial charge in [-0.25, -0.2) is 0 Å². The highest BCUT2D eigenvalue weighted by Crippen LogP contribution is 2.06. The summed E-state index contributed by atoms with van der Waals surface area (Å²) in [6.07, 6.45) is 6.69. The van der Waals surface area contributed by atoms with Crippen LogP contribution in [0, 0.1) is 5.92 Å². The van der Waals surface area contributed by atoms with Crippen molar-refractivity contribution in [2.75, 3.05) is 6.54 Å². The summed E-state index contributed by atoms with van der Waals surface area (Å²) in [7, 11) is 0. The van der Waals surface area contributed by atoms with Gasteiger partial charge >= 0.3 is 0 Å². The van der Waals surface area contributed by atoms with Gasteiger partial charge < -0.3 is 5.32 Å². The molecule has 0 saturated heterocycles. The van der Waals surface area contributed by atoms with E-state index in [-0.39, 0.29) is 0 Å². The van der Waals surface area contributed by atoms with Crippen molar-refractivity contribution in [2.24, 2.45) is 5.92 Å². The quantitative estimate of drug-likeness (QED) is 0.570. The van der Waals surface area contributed by atoms with Gasteiger partial charge in [-0.1, -0.05) is 33.6 Å². The maximum absolute atomic E-state index is 3.57. The molecule has 0 aliphatic rings. The van der Waals surface area contributed by atoms with Crippen molar-refractivity contribution in [3.8, 4) is 0 Å². The first-order valence-electron chi connectivity index (χ1n) is 5.90. The SMILES string of the molecule is CCCCCNC(C)CCC(C)C. The Kier molecular flexibility index (Phi) is 8.53. The first-order valence-corrected chi connectivity index (χ1v) is 5.90. The second-order valence-corrected chi connectivity index (χ2v) is 4.53. The van der Waals surface area contributed by atoms with Crippen LogP contribution in [-0.4, -0.2) is 12.6 Å². The summed E-state index contributed by atoms with van der Waals surface area (Å²) in [5.41, 5.74) is 0. The summed E-state index contributed by atoms with van der Waals surface area (Å²) in [6, 6.07) is 0.708. The molecule has 1 unspecified atom stereocenters. The van der Waals surface area contributed by atoms with Crippen molar-refractivity contribution in [3.05, 3.63) is 0 Å². The number of hydrogen-bond donors (Lipinski definition) is 1. The minimum Gasteiger partial charge on any atom is -0.314 e. The molecule has 0 spiro atoms. The zero-order valence-electron chi connectivity index (χ0n) is 9.90. The number of rotatable bonds is 8. The van der Waals surface area contributed by atoms with E-state index in [2.05, 4.69) is 33.0 Å². The Morgan fingerprint density at radius 2 is 1.69 bits per heavy atom. The average molecular weight is 185 g/mol. The number of nitrogens with one attached hydrogen (secondary N) is 1. The average Bonchev–Trinajstić information content (AvgIpc) is 2.09. The molecule has 0 aromatic rings. The summed E-state index contributed by atoms with van der Waals surface area (Å²) in [5.74, 6) is 0.847. The van der Waals surface area contributed by atoms with Crippen LogP contribution in [0.15, 0.2) is 0 Å². The fourth-order valence-electron chi connectivity index (χ4n) is 1.41. The van der Waals surface area contributed by atoms with Gasteiger partial charge in [-0.3, -0.25) is 0 Å². The van der Waals surface area contributed by atoms with Crippen molar-refractivity contribution >= 4 is 0 Å². The van der Waals surface area contributed by atoms with E-state index in [9.17, 15) is 0 Å². The molecule has 1 nitrogen and oxygen atoms in total. The molecule has 80 valence electrons. The Morgan fingerprint density at radius 1 is 1.00 bits per heavy atom. The molecule has 0 aromatic carbocycles. The van der Waals surface area contributed by atoms with Crippen molar-refractivity contribution in [3.63, 3.8) is 0 Å². The standard InChI is InChI=1S/C12H27N/c1-5-6-7-10-13-12(4)9-8-11(2)3/h11-13H,5-10H2,1-4H3. The van der Waals surface area contributed by atoms with Crippen LogP contribution in [0.5, 0.6) is 0 Å². The van der Waals surface area contributed by atoms with Crippen molar-refractivity contribution in [1.82, 2.24) is 5.32 Å². The van der Waals surface area contributed by atoms with Gasteiger partial charge in [-0.05, 0) is 38.6 Å². The van der Waals surface area contributed by atoms with Crippen LogP contribution in [0.25, 0.3) is 0 Å². The Hall–Kier alpha value is -0.0400. The molecule has 13 heavy (non-hydrogen) atoms. The Labute approximate surface area is 84.3 Å². The molecule has 0 heterocycles. The molecule has 1 atom stereocenters. The minimum atomic E-state index is 0.708. The second-order valence-electron chi connectivity index (χ2n) is 4.53. The zero-order chi connectivity index (χ0) is 10.1. The van der Waals surface area contributed by atoms with Crippen LogP contribution in [0.3, 0.4) is 0 Å². The lowest BCUT2D eigenvalue weighted by Gasteiger charge is -2.14.